The van der Waals surface area contributed by atoms with E-state index in [1.165, 1.54) is 18.2 Å². The molecule has 0 unspecified atom stereocenters. The van der Waals surface area contributed by atoms with E-state index in [4.69, 9.17) is 23.2 Å². The highest BCUT2D eigenvalue weighted by Crippen LogP contribution is 2.24. The van der Waals surface area contributed by atoms with Gasteiger partial charge in [0.15, 0.2) is 0 Å². The summed E-state index contributed by atoms with van der Waals surface area (Å²) in [6.07, 6.45) is 0.456. The van der Waals surface area contributed by atoms with Gasteiger partial charge >= 0.3 is 0 Å². The zero-order chi connectivity index (χ0) is 15.4. The summed E-state index contributed by atoms with van der Waals surface area (Å²) in [6.45, 7) is 0.281. The molecule has 0 heterocycles. The van der Waals surface area contributed by atoms with Crippen LogP contribution in [0, 0.1) is 11.6 Å². The zero-order valence-electron chi connectivity index (χ0n) is 10.8. The van der Waals surface area contributed by atoms with Crippen molar-refractivity contribution in [2.24, 2.45) is 0 Å². The predicted octanol–water partition coefficient (Wildman–Crippen LogP) is 4.24. The van der Waals surface area contributed by atoms with Crippen molar-refractivity contribution < 1.29 is 13.6 Å². The topological polar surface area (TPSA) is 29.1 Å². The summed E-state index contributed by atoms with van der Waals surface area (Å²) in [4.78, 5) is 11.9. The first-order valence-electron chi connectivity index (χ1n) is 6.14. The average Bonchev–Trinajstić information content (AvgIpc) is 2.43. The van der Waals surface area contributed by atoms with Gasteiger partial charge in [-0.05, 0) is 36.2 Å². The Kier molecular flexibility index (Phi) is 5.15. The van der Waals surface area contributed by atoms with E-state index < -0.39 is 11.7 Å². The van der Waals surface area contributed by atoms with Crippen LogP contribution in [-0.2, 0) is 6.42 Å². The fourth-order valence-corrected chi connectivity index (χ4v) is 2.27. The van der Waals surface area contributed by atoms with Crippen molar-refractivity contribution in [3.63, 3.8) is 0 Å². The zero-order valence-corrected chi connectivity index (χ0v) is 12.3. The Hall–Kier alpha value is -1.65. The van der Waals surface area contributed by atoms with E-state index >= 15 is 0 Å². The Morgan fingerprint density at radius 2 is 1.86 bits per heavy atom. The monoisotopic (exact) mass is 329 g/mol. The van der Waals surface area contributed by atoms with Gasteiger partial charge in [-0.3, -0.25) is 4.79 Å². The highest BCUT2D eigenvalue weighted by atomic mass is 35.5. The number of benzene rings is 2. The summed E-state index contributed by atoms with van der Waals surface area (Å²) in [6, 6.07) is 8.25. The largest absolute Gasteiger partial charge is 0.352 e. The van der Waals surface area contributed by atoms with E-state index in [1.807, 2.05) is 0 Å². The first kappa shape index (κ1) is 15.7. The van der Waals surface area contributed by atoms with Crippen LogP contribution in [0.3, 0.4) is 0 Å². The molecule has 0 aliphatic carbocycles. The van der Waals surface area contributed by atoms with Crippen molar-refractivity contribution in [1.82, 2.24) is 5.32 Å². The number of hydrogen-bond acceptors (Lipinski definition) is 1. The number of carbonyl (C=O) groups is 1. The second-order valence-corrected chi connectivity index (χ2v) is 5.20. The Morgan fingerprint density at radius 1 is 1.10 bits per heavy atom. The number of hydrogen-bond donors (Lipinski definition) is 1. The highest BCUT2D eigenvalue weighted by Gasteiger charge is 2.13. The number of amides is 1. The van der Waals surface area contributed by atoms with Gasteiger partial charge in [-0.2, -0.15) is 0 Å². The van der Waals surface area contributed by atoms with Gasteiger partial charge in [0.1, 0.15) is 11.6 Å². The minimum Gasteiger partial charge on any atom is -0.352 e. The molecule has 2 rings (SSSR count). The van der Waals surface area contributed by atoms with Gasteiger partial charge in [0, 0.05) is 6.54 Å². The highest BCUT2D eigenvalue weighted by molar-refractivity contribution is 6.36. The van der Waals surface area contributed by atoms with Crippen LogP contribution in [0.25, 0.3) is 0 Å². The summed E-state index contributed by atoms with van der Waals surface area (Å²) in [5.41, 5.74) is 0.765. The first-order valence-corrected chi connectivity index (χ1v) is 6.90. The lowest BCUT2D eigenvalue weighted by atomic mass is 10.1. The molecular weight excluding hydrogens is 319 g/mol. The first-order chi connectivity index (χ1) is 9.97. The van der Waals surface area contributed by atoms with Gasteiger partial charge in [-0.25, -0.2) is 8.78 Å². The molecule has 0 aliphatic rings. The fourth-order valence-electron chi connectivity index (χ4n) is 1.80. The van der Waals surface area contributed by atoms with Crippen molar-refractivity contribution in [3.05, 3.63) is 69.2 Å². The van der Waals surface area contributed by atoms with E-state index in [2.05, 4.69) is 5.32 Å². The molecule has 0 spiro atoms. The second-order valence-electron chi connectivity index (χ2n) is 4.38. The molecule has 2 nitrogen and oxygen atoms in total. The predicted molar refractivity (Wildman–Crippen MR) is 78.9 cm³/mol. The van der Waals surface area contributed by atoms with Crippen molar-refractivity contribution in [2.75, 3.05) is 6.54 Å². The standard InChI is InChI=1S/C15H11Cl2F2NO/c16-12-8-13(17)14(19)7-11(12)15(21)20-5-4-9-2-1-3-10(18)6-9/h1-3,6-8H,4-5H2,(H,20,21). The summed E-state index contributed by atoms with van der Waals surface area (Å²) in [5, 5.41) is 2.53. The maximum Gasteiger partial charge on any atom is 0.252 e. The van der Waals surface area contributed by atoms with Crippen LogP contribution in [-0.4, -0.2) is 12.5 Å². The van der Waals surface area contributed by atoms with E-state index in [0.29, 0.717) is 6.42 Å². The molecule has 0 saturated heterocycles. The molecule has 2 aromatic carbocycles. The molecular formula is C15H11Cl2F2NO. The minimum atomic E-state index is -0.712. The summed E-state index contributed by atoms with van der Waals surface area (Å²) < 4.78 is 26.3. The van der Waals surface area contributed by atoms with Crippen LogP contribution in [0.4, 0.5) is 8.78 Å². The molecule has 0 aliphatic heterocycles. The summed E-state index contributed by atoms with van der Waals surface area (Å²) in [7, 11) is 0. The van der Waals surface area contributed by atoms with E-state index in [9.17, 15) is 13.6 Å². The molecule has 0 fully saturated rings. The Balaban J connectivity index is 1.98. The molecule has 0 aromatic heterocycles. The molecule has 0 bridgehead atoms. The minimum absolute atomic E-state index is 0.0119. The van der Waals surface area contributed by atoms with Crippen LogP contribution in [0.1, 0.15) is 15.9 Å². The van der Waals surface area contributed by atoms with Crippen LogP contribution < -0.4 is 5.32 Å². The Labute approximate surface area is 130 Å². The summed E-state index contributed by atoms with van der Waals surface area (Å²) in [5.74, 6) is -1.55. The fraction of sp³-hybridized carbons (Fsp3) is 0.133. The summed E-state index contributed by atoms with van der Waals surface area (Å²) >= 11 is 11.4. The number of carbonyl (C=O) groups excluding carboxylic acids is 1. The average molecular weight is 330 g/mol. The van der Waals surface area contributed by atoms with Crippen molar-refractivity contribution in [3.8, 4) is 0 Å². The number of rotatable bonds is 4. The SMILES string of the molecule is O=C(NCCc1cccc(F)c1)c1cc(F)c(Cl)cc1Cl. The van der Waals surface area contributed by atoms with Crippen LogP contribution in [0.5, 0.6) is 0 Å². The van der Waals surface area contributed by atoms with E-state index in [0.717, 1.165) is 11.6 Å². The number of nitrogens with one attached hydrogen (secondary N) is 1. The lowest BCUT2D eigenvalue weighted by molar-refractivity contribution is 0.0954. The third kappa shape index (κ3) is 4.16. The van der Waals surface area contributed by atoms with Crippen molar-refractivity contribution in [1.29, 1.82) is 0 Å². The molecule has 0 saturated carbocycles. The quantitative estimate of drug-likeness (QED) is 0.835. The van der Waals surface area contributed by atoms with Gasteiger partial charge in [0.2, 0.25) is 0 Å². The molecule has 1 N–H and O–H groups in total. The lowest BCUT2D eigenvalue weighted by Crippen LogP contribution is -2.26. The molecule has 1 amide bonds. The normalized spacial score (nSPS) is 10.5. The smallest absolute Gasteiger partial charge is 0.252 e. The van der Waals surface area contributed by atoms with Crippen molar-refractivity contribution >= 4 is 29.1 Å². The molecule has 6 heteroatoms. The van der Waals surface area contributed by atoms with Gasteiger partial charge < -0.3 is 5.32 Å². The third-order valence-electron chi connectivity index (χ3n) is 2.84. The lowest BCUT2D eigenvalue weighted by Gasteiger charge is -2.08. The van der Waals surface area contributed by atoms with Gasteiger partial charge in [-0.1, -0.05) is 35.3 Å². The third-order valence-corrected chi connectivity index (χ3v) is 3.45. The Bertz CT molecular complexity index is 677. The number of halogens is 4. The second kappa shape index (κ2) is 6.87. The molecule has 0 atom stereocenters. The van der Waals surface area contributed by atoms with E-state index in [1.54, 1.807) is 12.1 Å². The van der Waals surface area contributed by atoms with E-state index in [-0.39, 0.29) is 28.0 Å². The van der Waals surface area contributed by atoms with Crippen molar-refractivity contribution in [2.45, 2.75) is 6.42 Å². The van der Waals surface area contributed by atoms with Crippen LogP contribution >= 0.6 is 23.2 Å². The van der Waals surface area contributed by atoms with Gasteiger partial charge in [-0.15, -0.1) is 0 Å². The molecule has 21 heavy (non-hydrogen) atoms. The Morgan fingerprint density at radius 3 is 2.57 bits per heavy atom. The maximum absolute atomic E-state index is 13.3. The molecule has 110 valence electrons. The van der Waals surface area contributed by atoms with Crippen LogP contribution in [0.2, 0.25) is 10.0 Å². The van der Waals surface area contributed by atoms with Crippen LogP contribution in [0.15, 0.2) is 36.4 Å². The maximum atomic E-state index is 13.3. The molecule has 0 radical (unpaired) electrons. The van der Waals surface area contributed by atoms with Gasteiger partial charge in [0.05, 0.1) is 15.6 Å². The molecule has 2 aromatic rings. The van der Waals surface area contributed by atoms with Gasteiger partial charge in [0.25, 0.3) is 5.91 Å².